The second kappa shape index (κ2) is 6.91. The largest absolute Gasteiger partial charge is 0.390 e. The van der Waals surface area contributed by atoms with E-state index >= 15 is 0 Å². The Morgan fingerprint density at radius 1 is 0.944 bits per heavy atom. The minimum atomic E-state index is -0.333. The molecule has 0 saturated carbocycles. The Kier molecular flexibility index (Phi) is 5.50. The molecule has 18 heavy (non-hydrogen) atoms. The molecule has 2 N–H and O–H groups in total. The zero-order valence-electron chi connectivity index (χ0n) is 12.1. The van der Waals surface area contributed by atoms with Crippen LogP contribution >= 0.6 is 0 Å². The summed E-state index contributed by atoms with van der Waals surface area (Å²) in [6, 6.07) is 1.22. The van der Waals surface area contributed by atoms with E-state index in [-0.39, 0.29) is 5.60 Å². The number of hydrogen-bond donors (Lipinski definition) is 2. The molecule has 2 atom stereocenters. The molecule has 2 bridgehead atoms. The van der Waals surface area contributed by atoms with Gasteiger partial charge in [0.1, 0.15) is 0 Å². The SMILES string of the molecule is CCCCCCCCCC1(O)CC2CCC(C1)N2. The quantitative estimate of drug-likeness (QED) is 0.645. The molecule has 0 spiro atoms. The molecule has 0 radical (unpaired) electrons. The molecule has 2 unspecified atom stereocenters. The first-order chi connectivity index (χ1) is 8.72. The van der Waals surface area contributed by atoms with Gasteiger partial charge in [-0.25, -0.2) is 0 Å². The van der Waals surface area contributed by atoms with Gasteiger partial charge in [0.05, 0.1) is 5.60 Å². The van der Waals surface area contributed by atoms with Crippen LogP contribution in [0.25, 0.3) is 0 Å². The Labute approximate surface area is 113 Å². The fourth-order valence-electron chi connectivity index (χ4n) is 3.84. The maximum atomic E-state index is 10.7. The van der Waals surface area contributed by atoms with Crippen LogP contribution in [0.1, 0.15) is 84.0 Å². The van der Waals surface area contributed by atoms with Crippen molar-refractivity contribution >= 4 is 0 Å². The van der Waals surface area contributed by atoms with Crippen molar-refractivity contribution in [1.29, 1.82) is 0 Å². The van der Waals surface area contributed by atoms with E-state index in [1.54, 1.807) is 0 Å². The minimum absolute atomic E-state index is 0.333. The number of hydrogen-bond acceptors (Lipinski definition) is 2. The summed E-state index contributed by atoms with van der Waals surface area (Å²) in [4.78, 5) is 0. The van der Waals surface area contributed by atoms with E-state index in [1.807, 2.05) is 0 Å². The van der Waals surface area contributed by atoms with Crippen LogP contribution in [0.4, 0.5) is 0 Å². The summed E-state index contributed by atoms with van der Waals surface area (Å²) in [6.45, 7) is 2.26. The zero-order chi connectivity index (χ0) is 12.8. The molecule has 0 aromatic carbocycles. The van der Waals surface area contributed by atoms with Gasteiger partial charge in [0, 0.05) is 12.1 Å². The smallest absolute Gasteiger partial charge is 0.0677 e. The van der Waals surface area contributed by atoms with E-state index in [0.29, 0.717) is 12.1 Å². The molecule has 2 heteroatoms. The summed E-state index contributed by atoms with van der Waals surface area (Å²) >= 11 is 0. The van der Waals surface area contributed by atoms with Crippen molar-refractivity contribution in [3.05, 3.63) is 0 Å². The van der Waals surface area contributed by atoms with E-state index < -0.39 is 0 Å². The first-order valence-corrected chi connectivity index (χ1v) is 8.20. The highest BCUT2D eigenvalue weighted by Gasteiger charge is 2.41. The highest BCUT2D eigenvalue weighted by molar-refractivity contribution is 4.99. The summed E-state index contributed by atoms with van der Waals surface area (Å²) in [5.74, 6) is 0. The van der Waals surface area contributed by atoms with Crippen LogP contribution in [-0.4, -0.2) is 22.8 Å². The van der Waals surface area contributed by atoms with E-state index in [0.717, 1.165) is 19.3 Å². The Bertz CT molecular complexity index is 229. The van der Waals surface area contributed by atoms with Gasteiger partial charge in [-0.05, 0) is 32.1 Å². The van der Waals surface area contributed by atoms with Crippen molar-refractivity contribution in [2.24, 2.45) is 0 Å². The maximum Gasteiger partial charge on any atom is 0.0677 e. The normalized spacial score (nSPS) is 35.0. The molecule has 2 heterocycles. The van der Waals surface area contributed by atoms with Gasteiger partial charge in [0.2, 0.25) is 0 Å². The molecule has 2 fully saturated rings. The zero-order valence-corrected chi connectivity index (χ0v) is 12.1. The monoisotopic (exact) mass is 253 g/mol. The second-order valence-corrected chi connectivity index (χ2v) is 6.64. The molecule has 2 nitrogen and oxygen atoms in total. The lowest BCUT2D eigenvalue weighted by Gasteiger charge is -2.37. The van der Waals surface area contributed by atoms with Gasteiger partial charge in [-0.15, -0.1) is 0 Å². The maximum absolute atomic E-state index is 10.7. The van der Waals surface area contributed by atoms with E-state index in [1.165, 1.54) is 57.8 Å². The number of rotatable bonds is 8. The van der Waals surface area contributed by atoms with E-state index in [4.69, 9.17) is 0 Å². The third-order valence-corrected chi connectivity index (χ3v) is 4.83. The van der Waals surface area contributed by atoms with E-state index in [9.17, 15) is 5.11 Å². The average molecular weight is 253 g/mol. The van der Waals surface area contributed by atoms with Crippen LogP contribution in [0.3, 0.4) is 0 Å². The van der Waals surface area contributed by atoms with Gasteiger partial charge in [-0.2, -0.15) is 0 Å². The first kappa shape index (κ1) is 14.3. The molecule has 0 aliphatic carbocycles. The predicted octanol–water partition coefficient (Wildman–Crippen LogP) is 3.77. The van der Waals surface area contributed by atoms with E-state index in [2.05, 4.69) is 12.2 Å². The molecule has 0 aromatic rings. The van der Waals surface area contributed by atoms with Gasteiger partial charge < -0.3 is 10.4 Å². The Hall–Kier alpha value is -0.0800. The van der Waals surface area contributed by atoms with Crippen molar-refractivity contribution in [2.75, 3.05) is 0 Å². The van der Waals surface area contributed by atoms with Crippen molar-refractivity contribution in [1.82, 2.24) is 5.32 Å². The third-order valence-electron chi connectivity index (χ3n) is 4.83. The number of aliphatic hydroxyl groups is 1. The van der Waals surface area contributed by atoms with Gasteiger partial charge in [-0.3, -0.25) is 0 Å². The second-order valence-electron chi connectivity index (χ2n) is 6.64. The minimum Gasteiger partial charge on any atom is -0.390 e. The molecule has 0 amide bonds. The Morgan fingerprint density at radius 2 is 1.50 bits per heavy atom. The van der Waals surface area contributed by atoms with Crippen LogP contribution in [-0.2, 0) is 0 Å². The molecular formula is C16H31NO. The van der Waals surface area contributed by atoms with Crippen LogP contribution < -0.4 is 5.32 Å². The van der Waals surface area contributed by atoms with Gasteiger partial charge >= 0.3 is 0 Å². The van der Waals surface area contributed by atoms with Crippen LogP contribution in [0, 0.1) is 0 Å². The van der Waals surface area contributed by atoms with Crippen LogP contribution in [0.5, 0.6) is 0 Å². The summed E-state index contributed by atoms with van der Waals surface area (Å²) in [6.07, 6.45) is 15.0. The summed E-state index contributed by atoms with van der Waals surface area (Å²) in [5, 5.41) is 14.3. The number of piperidine rings is 1. The van der Waals surface area contributed by atoms with Crippen molar-refractivity contribution in [3.63, 3.8) is 0 Å². The molecule has 2 aliphatic rings. The highest BCUT2D eigenvalue weighted by Crippen LogP contribution is 2.37. The fourth-order valence-corrected chi connectivity index (χ4v) is 3.84. The van der Waals surface area contributed by atoms with Crippen molar-refractivity contribution < 1.29 is 5.11 Å². The lowest BCUT2D eigenvalue weighted by Crippen LogP contribution is -2.48. The molecule has 0 aromatic heterocycles. The molecule has 106 valence electrons. The summed E-state index contributed by atoms with van der Waals surface area (Å²) in [7, 11) is 0. The Balaban J connectivity index is 1.56. The average Bonchev–Trinajstić information content (AvgIpc) is 2.68. The first-order valence-electron chi connectivity index (χ1n) is 8.20. The highest BCUT2D eigenvalue weighted by atomic mass is 16.3. The Morgan fingerprint density at radius 3 is 2.11 bits per heavy atom. The van der Waals surface area contributed by atoms with Gasteiger partial charge in [0.25, 0.3) is 0 Å². The molecular weight excluding hydrogens is 222 g/mol. The van der Waals surface area contributed by atoms with Gasteiger partial charge in [-0.1, -0.05) is 51.9 Å². The standard InChI is InChI=1S/C16H31NO/c1-2-3-4-5-6-7-8-11-16(18)12-14-9-10-15(13-16)17-14/h14-15,17-18H,2-13H2,1H3. The summed E-state index contributed by atoms with van der Waals surface area (Å²) < 4.78 is 0. The number of fused-ring (bicyclic) bond motifs is 2. The number of nitrogens with one attached hydrogen (secondary N) is 1. The topological polar surface area (TPSA) is 32.3 Å². The molecule has 2 saturated heterocycles. The number of unbranched alkanes of at least 4 members (excludes halogenated alkanes) is 6. The molecule has 2 rings (SSSR count). The van der Waals surface area contributed by atoms with Crippen molar-refractivity contribution in [2.45, 2.75) is 102 Å². The summed E-state index contributed by atoms with van der Waals surface area (Å²) in [5.41, 5.74) is -0.333. The predicted molar refractivity (Wildman–Crippen MR) is 76.7 cm³/mol. The lowest BCUT2D eigenvalue weighted by atomic mass is 9.83. The molecule has 2 aliphatic heterocycles. The fraction of sp³-hybridized carbons (Fsp3) is 1.00. The van der Waals surface area contributed by atoms with Crippen molar-refractivity contribution in [3.8, 4) is 0 Å². The van der Waals surface area contributed by atoms with Gasteiger partial charge in [0.15, 0.2) is 0 Å². The van der Waals surface area contributed by atoms with Crippen LogP contribution in [0.2, 0.25) is 0 Å². The van der Waals surface area contributed by atoms with Crippen LogP contribution in [0.15, 0.2) is 0 Å². The third kappa shape index (κ3) is 4.24. The lowest BCUT2D eigenvalue weighted by molar-refractivity contribution is -0.0159.